The number of hydrogen-bond donors (Lipinski definition) is 1. The third kappa shape index (κ3) is 5.71. The van der Waals surface area contributed by atoms with Gasteiger partial charge in [-0.05, 0) is 82.3 Å². The molecule has 1 unspecified atom stereocenters. The predicted molar refractivity (Wildman–Crippen MR) is 184 cm³/mol. The summed E-state index contributed by atoms with van der Waals surface area (Å²) in [4.78, 5) is 13.6. The van der Waals surface area contributed by atoms with Gasteiger partial charge in [-0.1, -0.05) is 54.1 Å². The van der Waals surface area contributed by atoms with Gasteiger partial charge in [0.2, 0.25) is 0 Å². The van der Waals surface area contributed by atoms with Crippen molar-refractivity contribution >= 4 is 66.3 Å². The highest BCUT2D eigenvalue weighted by Gasteiger charge is 2.29. The number of ether oxygens (including phenoxy) is 1. The molecule has 1 fully saturated rings. The van der Waals surface area contributed by atoms with Gasteiger partial charge < -0.3 is 9.84 Å². The molecule has 1 saturated heterocycles. The number of hydrogen-bond acceptors (Lipinski definition) is 4. The van der Waals surface area contributed by atoms with E-state index in [1.54, 1.807) is 35.6 Å². The molecule has 0 spiro atoms. The molecule has 0 saturated carbocycles. The van der Waals surface area contributed by atoms with Crippen molar-refractivity contribution in [3.05, 3.63) is 117 Å². The van der Waals surface area contributed by atoms with Crippen molar-refractivity contribution in [1.29, 1.82) is 0 Å². The fourth-order valence-corrected chi connectivity index (χ4v) is 8.18. The standard InChI is InChI=1S/C35H25ClF2NO3PS2/c36-29-15-22(35(40)41)6-10-26(29)20-2-1-3-21(14-20)32-31(27-12-13-44-33(27)23-17-42-18-23)28-16-24(43)7-11-30(28)39(32)45-25-8-4-19(5-9-25)34(37)38/h1-16,23,34H,17-18,43H2,(H,40,41). The molecule has 6 aromatic rings. The highest BCUT2D eigenvalue weighted by Crippen LogP contribution is 2.49. The molecule has 7 rings (SSSR count). The van der Waals surface area contributed by atoms with Crippen LogP contribution in [0.15, 0.2) is 101 Å². The summed E-state index contributed by atoms with van der Waals surface area (Å²) >= 11 is 9.82. The third-order valence-corrected chi connectivity index (χ3v) is 10.7. The minimum absolute atomic E-state index is 0.0191. The molecule has 1 N–H and O–H groups in total. The summed E-state index contributed by atoms with van der Waals surface area (Å²) in [5, 5.41) is 14.0. The predicted octanol–water partition coefficient (Wildman–Crippen LogP) is 10.2. The fourth-order valence-electron chi connectivity index (χ4n) is 5.64. The molecule has 10 heteroatoms. The van der Waals surface area contributed by atoms with Crippen LogP contribution < -0.4 is 5.30 Å². The fraction of sp³-hybridized carbons (Fsp3) is 0.114. The first-order valence-corrected chi connectivity index (χ1v) is 16.7. The summed E-state index contributed by atoms with van der Waals surface area (Å²) < 4.78 is 34.5. The van der Waals surface area contributed by atoms with E-state index in [4.69, 9.17) is 16.3 Å². The first-order valence-electron chi connectivity index (χ1n) is 14.1. The van der Waals surface area contributed by atoms with Gasteiger partial charge in [-0.2, -0.15) is 0 Å². The van der Waals surface area contributed by atoms with Crippen LogP contribution >= 0.6 is 44.1 Å². The van der Waals surface area contributed by atoms with E-state index >= 15 is 0 Å². The second kappa shape index (κ2) is 12.3. The number of thiophene rings is 1. The molecular weight excluding hydrogens is 651 g/mol. The van der Waals surface area contributed by atoms with Crippen molar-refractivity contribution in [2.75, 3.05) is 13.2 Å². The highest BCUT2D eigenvalue weighted by molar-refractivity contribution is 7.98. The van der Waals surface area contributed by atoms with Crippen LogP contribution in [0.4, 0.5) is 8.78 Å². The maximum Gasteiger partial charge on any atom is 0.335 e. The summed E-state index contributed by atoms with van der Waals surface area (Å²) in [5.74, 6) is -0.722. The summed E-state index contributed by atoms with van der Waals surface area (Å²) in [6, 6.07) is 27.7. The number of nitrogens with zero attached hydrogens (tertiary/aromatic N) is 1. The zero-order valence-corrected chi connectivity index (χ0v) is 27.1. The third-order valence-electron chi connectivity index (χ3n) is 7.91. The number of carboxylic acids is 1. The molecule has 4 nitrogen and oxygen atoms in total. The first-order chi connectivity index (χ1) is 21.8. The lowest BCUT2D eigenvalue weighted by molar-refractivity contribution is 0.0101. The van der Waals surface area contributed by atoms with Gasteiger partial charge in [-0.25, -0.2) is 13.6 Å². The Balaban J connectivity index is 1.47. The average Bonchev–Trinajstić information content (AvgIpc) is 3.58. The molecule has 226 valence electrons. The average molecular weight is 676 g/mol. The van der Waals surface area contributed by atoms with Crippen LogP contribution in [0.5, 0.6) is 0 Å². The minimum Gasteiger partial charge on any atom is -0.478 e. The number of benzene rings is 4. The number of aromatic carboxylic acids is 1. The second-order valence-corrected chi connectivity index (χ2v) is 13.8. The molecule has 2 aromatic heterocycles. The quantitative estimate of drug-likeness (QED) is 0.163. The van der Waals surface area contributed by atoms with Crippen molar-refractivity contribution in [1.82, 2.24) is 3.97 Å². The molecule has 1 aliphatic heterocycles. The van der Waals surface area contributed by atoms with E-state index in [2.05, 4.69) is 48.9 Å². The zero-order valence-electron chi connectivity index (χ0n) is 23.5. The van der Waals surface area contributed by atoms with Crippen LogP contribution in [0, 0.1) is 0 Å². The van der Waals surface area contributed by atoms with Gasteiger partial charge in [-0.15, -0.1) is 20.6 Å². The Kier molecular flexibility index (Phi) is 8.27. The normalized spacial score (nSPS) is 13.4. The smallest absolute Gasteiger partial charge is 0.335 e. The Morgan fingerprint density at radius 3 is 2.44 bits per heavy atom. The van der Waals surface area contributed by atoms with Crippen molar-refractivity contribution < 1.29 is 23.4 Å². The number of halogens is 3. The summed E-state index contributed by atoms with van der Waals surface area (Å²) in [7, 11) is 2.79. The van der Waals surface area contributed by atoms with Crippen molar-refractivity contribution in [2.24, 2.45) is 0 Å². The molecule has 1 atom stereocenters. The SMILES string of the molecule is O=C(O)c1ccc(-c2cccc(-c3c(-c4ccsc4C4COC4)c4cc(P)ccc4n3Sc3ccc(C(F)F)cc3)c2)c(Cl)c1. The van der Waals surface area contributed by atoms with Crippen LogP contribution in [-0.2, 0) is 4.74 Å². The van der Waals surface area contributed by atoms with E-state index in [1.165, 1.54) is 35.0 Å². The van der Waals surface area contributed by atoms with Crippen LogP contribution in [0.2, 0.25) is 5.02 Å². The van der Waals surface area contributed by atoms with Crippen LogP contribution in [0.1, 0.15) is 33.1 Å². The lowest BCUT2D eigenvalue weighted by Crippen LogP contribution is -2.24. The van der Waals surface area contributed by atoms with Gasteiger partial charge in [0.25, 0.3) is 6.43 Å². The number of alkyl halides is 2. The van der Waals surface area contributed by atoms with Gasteiger partial charge in [0.1, 0.15) is 0 Å². The summed E-state index contributed by atoms with van der Waals surface area (Å²) in [6.45, 7) is 1.36. The maximum atomic E-state index is 13.4. The monoisotopic (exact) mass is 675 g/mol. The maximum absolute atomic E-state index is 13.4. The molecule has 3 heterocycles. The molecule has 0 bridgehead atoms. The van der Waals surface area contributed by atoms with E-state index in [0.29, 0.717) is 24.2 Å². The van der Waals surface area contributed by atoms with Crippen LogP contribution in [0.3, 0.4) is 0 Å². The topological polar surface area (TPSA) is 51.5 Å². The Morgan fingerprint density at radius 1 is 0.978 bits per heavy atom. The number of rotatable bonds is 8. The van der Waals surface area contributed by atoms with Crippen molar-refractivity contribution in [3.63, 3.8) is 0 Å². The Bertz CT molecular complexity index is 2070. The molecule has 1 aliphatic rings. The largest absolute Gasteiger partial charge is 0.478 e. The van der Waals surface area contributed by atoms with Gasteiger partial charge in [0.15, 0.2) is 0 Å². The van der Waals surface area contributed by atoms with Gasteiger partial charge >= 0.3 is 5.97 Å². The van der Waals surface area contributed by atoms with E-state index in [1.807, 2.05) is 18.2 Å². The van der Waals surface area contributed by atoms with Gasteiger partial charge in [0.05, 0.1) is 30.0 Å². The first kappa shape index (κ1) is 30.2. The van der Waals surface area contributed by atoms with E-state index in [9.17, 15) is 18.7 Å². The van der Waals surface area contributed by atoms with Crippen molar-refractivity contribution in [2.45, 2.75) is 17.2 Å². The second-order valence-electron chi connectivity index (χ2n) is 10.8. The van der Waals surface area contributed by atoms with E-state index in [-0.39, 0.29) is 11.1 Å². The van der Waals surface area contributed by atoms with E-state index < -0.39 is 12.4 Å². The molecule has 45 heavy (non-hydrogen) atoms. The molecular formula is C35H25ClF2NO3PS2. The molecule has 0 aliphatic carbocycles. The highest BCUT2D eigenvalue weighted by atomic mass is 35.5. The van der Waals surface area contributed by atoms with Crippen LogP contribution in [0.25, 0.3) is 44.4 Å². The van der Waals surface area contributed by atoms with Gasteiger partial charge in [-0.3, -0.25) is 3.97 Å². The number of carbonyl (C=O) groups is 1. The molecule has 0 radical (unpaired) electrons. The Labute approximate surface area is 274 Å². The number of fused-ring (bicyclic) bond motifs is 1. The zero-order chi connectivity index (χ0) is 31.2. The summed E-state index contributed by atoms with van der Waals surface area (Å²) in [6.07, 6.45) is -2.54. The van der Waals surface area contributed by atoms with Crippen molar-refractivity contribution in [3.8, 4) is 33.5 Å². The minimum atomic E-state index is -2.54. The van der Waals surface area contributed by atoms with Gasteiger partial charge in [0, 0.05) is 48.4 Å². The van der Waals surface area contributed by atoms with E-state index in [0.717, 1.165) is 54.6 Å². The Hall–Kier alpha value is -3.52. The number of aromatic nitrogens is 1. The number of carboxylic acid groups (broad SMARTS) is 1. The summed E-state index contributed by atoms with van der Waals surface area (Å²) in [5.41, 5.74) is 6.77. The Morgan fingerprint density at radius 2 is 1.76 bits per heavy atom. The van der Waals surface area contributed by atoms with Crippen LogP contribution in [-0.4, -0.2) is 28.3 Å². The molecule has 4 aromatic carbocycles. The lowest BCUT2D eigenvalue weighted by Gasteiger charge is -2.26. The molecule has 0 amide bonds. The lowest BCUT2D eigenvalue weighted by atomic mass is 9.93.